The summed E-state index contributed by atoms with van der Waals surface area (Å²) in [6.07, 6.45) is 0. The van der Waals surface area contributed by atoms with Gasteiger partial charge < -0.3 is 15.2 Å². The van der Waals surface area contributed by atoms with Gasteiger partial charge in [-0.05, 0) is 48.4 Å². The Morgan fingerprint density at radius 1 is 1.52 bits per heavy atom. The van der Waals surface area contributed by atoms with Crippen LogP contribution in [0.1, 0.15) is 25.3 Å². The Hall–Kier alpha value is -2.85. The van der Waals surface area contributed by atoms with Crippen molar-refractivity contribution in [3.05, 3.63) is 57.7 Å². The smallest absolute Gasteiger partial charge is 0.338 e. The predicted molar refractivity (Wildman–Crippen MR) is 91.8 cm³/mol. The van der Waals surface area contributed by atoms with E-state index in [-0.39, 0.29) is 29.4 Å². The SMILES string of the molecule is CCOC(=O)C1=C(C)OC(N)=C(C#N)C1c1cc(F)cc2ccsc12. The van der Waals surface area contributed by atoms with E-state index in [2.05, 4.69) is 0 Å². The van der Waals surface area contributed by atoms with Gasteiger partial charge in [0.2, 0.25) is 5.88 Å². The summed E-state index contributed by atoms with van der Waals surface area (Å²) >= 11 is 1.40. The van der Waals surface area contributed by atoms with Gasteiger partial charge >= 0.3 is 5.97 Å². The fourth-order valence-electron chi connectivity index (χ4n) is 2.95. The molecule has 1 aliphatic heterocycles. The molecule has 128 valence electrons. The molecule has 2 aromatic rings. The van der Waals surface area contributed by atoms with Crippen LogP contribution in [0.25, 0.3) is 10.1 Å². The maximum atomic E-state index is 14.1. The summed E-state index contributed by atoms with van der Waals surface area (Å²) in [4.78, 5) is 12.5. The average molecular weight is 358 g/mol. The summed E-state index contributed by atoms with van der Waals surface area (Å²) in [5.74, 6) is -1.75. The molecule has 0 radical (unpaired) electrons. The zero-order valence-electron chi connectivity index (χ0n) is 13.6. The van der Waals surface area contributed by atoms with Gasteiger partial charge in [-0.3, -0.25) is 0 Å². The van der Waals surface area contributed by atoms with E-state index in [0.29, 0.717) is 10.9 Å². The molecule has 1 aromatic carbocycles. The van der Waals surface area contributed by atoms with Crippen molar-refractivity contribution < 1.29 is 18.7 Å². The molecule has 25 heavy (non-hydrogen) atoms. The fourth-order valence-corrected chi connectivity index (χ4v) is 3.88. The van der Waals surface area contributed by atoms with Crippen LogP contribution >= 0.6 is 11.3 Å². The highest BCUT2D eigenvalue weighted by molar-refractivity contribution is 7.17. The standard InChI is InChI=1S/C18H15FN2O3S/c1-3-23-18(22)14-9(2)24-17(21)13(8-20)15(14)12-7-11(19)6-10-4-5-25-16(10)12/h4-7,15H,3,21H2,1-2H3. The summed E-state index contributed by atoms with van der Waals surface area (Å²) in [6, 6.07) is 6.52. The van der Waals surface area contributed by atoms with Gasteiger partial charge in [-0.2, -0.15) is 5.26 Å². The molecule has 0 fully saturated rings. The zero-order valence-corrected chi connectivity index (χ0v) is 14.4. The van der Waals surface area contributed by atoms with Crippen LogP contribution in [-0.4, -0.2) is 12.6 Å². The second-order valence-electron chi connectivity index (χ2n) is 5.45. The minimum atomic E-state index is -0.838. The lowest BCUT2D eigenvalue weighted by atomic mass is 9.82. The fraction of sp³-hybridized carbons (Fsp3) is 0.222. The molecule has 0 saturated carbocycles. The topological polar surface area (TPSA) is 85.3 Å². The van der Waals surface area contributed by atoms with Crippen LogP contribution < -0.4 is 5.73 Å². The number of hydrogen-bond donors (Lipinski definition) is 1. The van der Waals surface area contributed by atoms with Gasteiger partial charge in [-0.15, -0.1) is 11.3 Å². The monoisotopic (exact) mass is 358 g/mol. The number of esters is 1. The van der Waals surface area contributed by atoms with Crippen molar-refractivity contribution in [3.8, 4) is 6.07 Å². The van der Waals surface area contributed by atoms with Crippen molar-refractivity contribution in [2.24, 2.45) is 5.73 Å². The Labute approximate surface area is 147 Å². The first-order valence-corrected chi connectivity index (χ1v) is 8.48. The lowest BCUT2D eigenvalue weighted by Gasteiger charge is -2.27. The van der Waals surface area contributed by atoms with E-state index in [1.807, 2.05) is 11.4 Å². The van der Waals surface area contributed by atoms with Crippen LogP contribution in [0.4, 0.5) is 4.39 Å². The summed E-state index contributed by atoms with van der Waals surface area (Å²) < 4.78 is 25.4. The van der Waals surface area contributed by atoms with E-state index in [1.54, 1.807) is 19.9 Å². The first kappa shape index (κ1) is 17.0. The van der Waals surface area contributed by atoms with E-state index >= 15 is 0 Å². The lowest BCUT2D eigenvalue weighted by molar-refractivity contribution is -0.139. The van der Waals surface area contributed by atoms with Gasteiger partial charge in [0.1, 0.15) is 23.2 Å². The Morgan fingerprint density at radius 2 is 2.28 bits per heavy atom. The van der Waals surface area contributed by atoms with Crippen LogP contribution in [0.15, 0.2) is 46.4 Å². The van der Waals surface area contributed by atoms with Crippen LogP contribution in [0.5, 0.6) is 0 Å². The van der Waals surface area contributed by atoms with Gasteiger partial charge in [0.15, 0.2) is 0 Å². The molecule has 3 rings (SSSR count). The molecular formula is C18H15FN2O3S. The number of rotatable bonds is 3. The average Bonchev–Trinajstić information content (AvgIpc) is 3.01. The van der Waals surface area contributed by atoms with E-state index in [0.717, 1.165) is 4.70 Å². The Morgan fingerprint density at radius 3 is 2.96 bits per heavy atom. The minimum absolute atomic E-state index is 0.0638. The molecule has 1 aliphatic rings. The molecule has 0 saturated heterocycles. The first-order valence-electron chi connectivity index (χ1n) is 7.60. The molecule has 7 heteroatoms. The molecule has 0 aliphatic carbocycles. The molecular weight excluding hydrogens is 343 g/mol. The summed E-state index contributed by atoms with van der Waals surface area (Å²) in [6.45, 7) is 3.42. The number of carbonyl (C=O) groups is 1. The Kier molecular flexibility index (Phi) is 4.47. The Balaban J connectivity index is 2.29. The second kappa shape index (κ2) is 6.57. The van der Waals surface area contributed by atoms with E-state index in [1.165, 1.54) is 23.5 Å². The van der Waals surface area contributed by atoms with Gasteiger partial charge in [-0.1, -0.05) is 0 Å². The summed E-state index contributed by atoms with van der Waals surface area (Å²) in [5, 5.41) is 12.1. The van der Waals surface area contributed by atoms with E-state index < -0.39 is 17.7 Å². The number of halogens is 1. The molecule has 1 atom stereocenters. The number of nitriles is 1. The lowest BCUT2D eigenvalue weighted by Crippen LogP contribution is -2.25. The third-order valence-corrected chi connectivity index (χ3v) is 4.94. The number of nitrogens with zero attached hydrogens (tertiary/aromatic N) is 1. The van der Waals surface area contributed by atoms with Crippen molar-refractivity contribution >= 4 is 27.4 Å². The largest absolute Gasteiger partial charge is 0.463 e. The Bertz CT molecular complexity index is 968. The third-order valence-electron chi connectivity index (χ3n) is 3.96. The molecule has 2 heterocycles. The molecule has 1 unspecified atom stereocenters. The first-order chi connectivity index (χ1) is 12.0. The molecule has 5 nitrogen and oxygen atoms in total. The molecule has 0 amide bonds. The normalized spacial score (nSPS) is 17.4. The van der Waals surface area contributed by atoms with Gasteiger partial charge in [0.05, 0.1) is 18.1 Å². The van der Waals surface area contributed by atoms with Crippen molar-refractivity contribution in [2.75, 3.05) is 6.61 Å². The van der Waals surface area contributed by atoms with Crippen molar-refractivity contribution in [3.63, 3.8) is 0 Å². The van der Waals surface area contributed by atoms with Crippen LogP contribution in [0, 0.1) is 17.1 Å². The van der Waals surface area contributed by atoms with Crippen molar-refractivity contribution in [1.82, 2.24) is 0 Å². The van der Waals surface area contributed by atoms with Crippen LogP contribution in [-0.2, 0) is 14.3 Å². The molecule has 0 spiro atoms. The summed E-state index contributed by atoms with van der Waals surface area (Å²) in [5.41, 5.74) is 6.58. The number of carbonyl (C=O) groups excluding carboxylic acids is 1. The highest BCUT2D eigenvalue weighted by Gasteiger charge is 2.37. The number of fused-ring (bicyclic) bond motifs is 1. The molecule has 2 N–H and O–H groups in total. The van der Waals surface area contributed by atoms with Crippen LogP contribution in [0.2, 0.25) is 0 Å². The van der Waals surface area contributed by atoms with Gasteiger partial charge in [0.25, 0.3) is 0 Å². The zero-order chi connectivity index (χ0) is 18.1. The number of hydrogen-bond acceptors (Lipinski definition) is 6. The predicted octanol–water partition coefficient (Wildman–Crippen LogP) is 3.69. The van der Waals surface area contributed by atoms with E-state index in [9.17, 15) is 14.4 Å². The maximum absolute atomic E-state index is 14.1. The molecule has 1 aromatic heterocycles. The van der Waals surface area contributed by atoms with Crippen LogP contribution in [0.3, 0.4) is 0 Å². The van der Waals surface area contributed by atoms with Gasteiger partial charge in [-0.25, -0.2) is 9.18 Å². The number of benzene rings is 1. The number of allylic oxidation sites excluding steroid dienone is 2. The van der Waals surface area contributed by atoms with Crippen molar-refractivity contribution in [2.45, 2.75) is 19.8 Å². The summed E-state index contributed by atoms with van der Waals surface area (Å²) in [7, 11) is 0. The van der Waals surface area contributed by atoms with Gasteiger partial charge in [0, 0.05) is 4.70 Å². The third kappa shape index (κ3) is 2.85. The second-order valence-corrected chi connectivity index (χ2v) is 6.37. The quantitative estimate of drug-likeness (QED) is 0.846. The highest BCUT2D eigenvalue weighted by atomic mass is 32.1. The number of thiophene rings is 1. The maximum Gasteiger partial charge on any atom is 0.338 e. The van der Waals surface area contributed by atoms with E-state index in [4.69, 9.17) is 15.2 Å². The van der Waals surface area contributed by atoms with Crippen molar-refractivity contribution in [1.29, 1.82) is 5.26 Å². The number of ether oxygens (including phenoxy) is 2. The minimum Gasteiger partial charge on any atom is -0.463 e. The highest BCUT2D eigenvalue weighted by Crippen LogP contribution is 2.43. The number of nitrogens with two attached hydrogens (primary N) is 1. The molecule has 0 bridgehead atoms.